The number of rotatable bonds is 2. The molecule has 0 aliphatic heterocycles. The maximum atomic E-state index is 11.3. The lowest BCUT2D eigenvalue weighted by Gasteiger charge is -2.02. The lowest BCUT2D eigenvalue weighted by Crippen LogP contribution is -1.99. The highest BCUT2D eigenvalue weighted by molar-refractivity contribution is 5.28. The van der Waals surface area contributed by atoms with Gasteiger partial charge in [0.2, 0.25) is 5.43 Å². The van der Waals surface area contributed by atoms with Crippen molar-refractivity contribution >= 4 is 0 Å². The maximum Gasteiger partial charge on any atom is 0.220 e. The van der Waals surface area contributed by atoms with Gasteiger partial charge < -0.3 is 4.74 Å². The average Bonchev–Trinajstić information content (AvgIpc) is 2.27. The van der Waals surface area contributed by atoms with E-state index in [2.05, 4.69) is 13.8 Å². The van der Waals surface area contributed by atoms with Crippen molar-refractivity contribution < 1.29 is 4.74 Å². The number of ether oxygens (including phenoxy) is 1. The minimum Gasteiger partial charge on any atom is -0.493 e. The van der Waals surface area contributed by atoms with E-state index in [0.717, 1.165) is 5.56 Å². The lowest BCUT2D eigenvalue weighted by molar-refractivity contribution is 0.411. The molecule has 0 bridgehead atoms. The molecule has 0 atom stereocenters. The fourth-order valence-electron chi connectivity index (χ4n) is 1.12. The molecule has 1 aromatic carbocycles. The summed E-state index contributed by atoms with van der Waals surface area (Å²) >= 11 is 0. The smallest absolute Gasteiger partial charge is 0.220 e. The Labute approximate surface area is 78.2 Å². The molecule has 0 heterocycles. The summed E-state index contributed by atoms with van der Waals surface area (Å²) in [6.45, 7) is 4.17. The van der Waals surface area contributed by atoms with Gasteiger partial charge in [0.1, 0.15) is 0 Å². The lowest BCUT2D eigenvalue weighted by atomic mass is 10.1. The summed E-state index contributed by atoms with van der Waals surface area (Å²) in [7, 11) is 1.51. The Kier molecular flexibility index (Phi) is 3.07. The van der Waals surface area contributed by atoms with E-state index in [9.17, 15) is 4.79 Å². The van der Waals surface area contributed by atoms with Crippen molar-refractivity contribution in [1.82, 2.24) is 0 Å². The Morgan fingerprint density at radius 3 is 2.54 bits per heavy atom. The number of hydrogen-bond donors (Lipinski definition) is 0. The molecule has 1 aromatic rings. The summed E-state index contributed by atoms with van der Waals surface area (Å²) in [5, 5.41) is 0. The maximum absolute atomic E-state index is 11.3. The first-order valence-corrected chi connectivity index (χ1v) is 4.33. The second-order valence-electron chi connectivity index (χ2n) is 3.26. The molecule has 0 amide bonds. The van der Waals surface area contributed by atoms with Crippen molar-refractivity contribution in [2.75, 3.05) is 7.11 Å². The minimum atomic E-state index is -0.0746. The van der Waals surface area contributed by atoms with Crippen molar-refractivity contribution in [3.8, 4) is 5.75 Å². The fraction of sp³-hybridized carbons (Fsp3) is 0.364. The highest BCUT2D eigenvalue weighted by atomic mass is 16.5. The van der Waals surface area contributed by atoms with Gasteiger partial charge in [0, 0.05) is 0 Å². The third-order valence-electron chi connectivity index (χ3n) is 1.96. The fourth-order valence-corrected chi connectivity index (χ4v) is 1.12. The second kappa shape index (κ2) is 4.08. The van der Waals surface area contributed by atoms with Crippen LogP contribution < -0.4 is 10.2 Å². The molecule has 0 unspecified atom stereocenters. The summed E-state index contributed by atoms with van der Waals surface area (Å²) in [6, 6.07) is 7.02. The van der Waals surface area contributed by atoms with Gasteiger partial charge >= 0.3 is 0 Å². The van der Waals surface area contributed by atoms with E-state index in [0.29, 0.717) is 11.7 Å². The molecule has 13 heavy (non-hydrogen) atoms. The van der Waals surface area contributed by atoms with E-state index >= 15 is 0 Å². The molecule has 0 fully saturated rings. The topological polar surface area (TPSA) is 26.3 Å². The van der Waals surface area contributed by atoms with Crippen molar-refractivity contribution in [3.63, 3.8) is 0 Å². The Morgan fingerprint density at radius 2 is 2.00 bits per heavy atom. The van der Waals surface area contributed by atoms with E-state index < -0.39 is 0 Å². The molecule has 0 saturated carbocycles. The first-order chi connectivity index (χ1) is 6.15. The summed E-state index contributed by atoms with van der Waals surface area (Å²) in [5.41, 5.74) is 1.04. The zero-order valence-corrected chi connectivity index (χ0v) is 8.20. The molecule has 0 aliphatic rings. The highest BCUT2D eigenvalue weighted by Gasteiger charge is 2.01. The van der Waals surface area contributed by atoms with Crippen LogP contribution in [0.4, 0.5) is 0 Å². The molecular formula is C11H14O2. The van der Waals surface area contributed by atoms with Gasteiger partial charge in [0.25, 0.3) is 0 Å². The van der Waals surface area contributed by atoms with Crippen molar-refractivity contribution in [2.24, 2.45) is 0 Å². The van der Waals surface area contributed by atoms with Crippen molar-refractivity contribution in [2.45, 2.75) is 19.8 Å². The van der Waals surface area contributed by atoms with Crippen LogP contribution in [0.15, 0.2) is 29.1 Å². The quantitative estimate of drug-likeness (QED) is 0.693. The van der Waals surface area contributed by atoms with Crippen LogP contribution in [0.25, 0.3) is 0 Å². The van der Waals surface area contributed by atoms with Crippen LogP contribution in [-0.4, -0.2) is 7.11 Å². The van der Waals surface area contributed by atoms with E-state index in [1.165, 1.54) is 13.2 Å². The van der Waals surface area contributed by atoms with Gasteiger partial charge in [0.05, 0.1) is 7.11 Å². The SMILES string of the molecule is COc1cc(C(C)C)cccc1=O. The van der Waals surface area contributed by atoms with Gasteiger partial charge in [-0.1, -0.05) is 26.0 Å². The normalized spacial score (nSPS) is 10.2. The van der Waals surface area contributed by atoms with Crippen LogP contribution in [0, 0.1) is 0 Å². The molecular weight excluding hydrogens is 164 g/mol. The third-order valence-corrected chi connectivity index (χ3v) is 1.96. The van der Waals surface area contributed by atoms with Crippen LogP contribution in [0.5, 0.6) is 5.75 Å². The molecule has 0 aliphatic carbocycles. The highest BCUT2D eigenvalue weighted by Crippen LogP contribution is 2.15. The molecule has 0 saturated heterocycles. The number of hydrogen-bond acceptors (Lipinski definition) is 2. The summed E-state index contributed by atoms with van der Waals surface area (Å²) in [5.74, 6) is 0.814. The minimum absolute atomic E-state index is 0.0746. The van der Waals surface area contributed by atoms with Gasteiger partial charge in [-0.15, -0.1) is 0 Å². The van der Waals surface area contributed by atoms with Crippen molar-refractivity contribution in [3.05, 3.63) is 40.1 Å². The van der Waals surface area contributed by atoms with E-state index in [-0.39, 0.29) is 5.43 Å². The molecule has 70 valence electrons. The second-order valence-corrected chi connectivity index (χ2v) is 3.26. The average molecular weight is 178 g/mol. The van der Waals surface area contributed by atoms with Gasteiger partial charge in [-0.3, -0.25) is 4.79 Å². The number of methoxy groups -OCH3 is 1. The van der Waals surface area contributed by atoms with Crippen LogP contribution in [-0.2, 0) is 0 Å². The zero-order chi connectivity index (χ0) is 9.84. The first kappa shape index (κ1) is 9.78. The van der Waals surface area contributed by atoms with Gasteiger partial charge in [-0.2, -0.15) is 0 Å². The monoisotopic (exact) mass is 178 g/mol. The molecule has 2 nitrogen and oxygen atoms in total. The predicted molar refractivity (Wildman–Crippen MR) is 53.4 cm³/mol. The van der Waals surface area contributed by atoms with Crippen molar-refractivity contribution in [1.29, 1.82) is 0 Å². The Morgan fingerprint density at radius 1 is 1.31 bits per heavy atom. The molecule has 0 N–H and O–H groups in total. The van der Waals surface area contributed by atoms with Gasteiger partial charge in [-0.25, -0.2) is 0 Å². The molecule has 0 spiro atoms. The molecule has 0 radical (unpaired) electrons. The summed E-state index contributed by atoms with van der Waals surface area (Å²) in [6.07, 6.45) is 0. The largest absolute Gasteiger partial charge is 0.493 e. The predicted octanol–water partition coefficient (Wildman–Crippen LogP) is 2.18. The van der Waals surface area contributed by atoms with Crippen LogP contribution in [0.3, 0.4) is 0 Å². The summed E-state index contributed by atoms with van der Waals surface area (Å²) < 4.78 is 4.98. The Bertz CT molecular complexity index is 342. The molecule has 2 heteroatoms. The molecule has 1 rings (SSSR count). The van der Waals surface area contributed by atoms with Gasteiger partial charge in [0.15, 0.2) is 5.75 Å². The van der Waals surface area contributed by atoms with Crippen LogP contribution >= 0.6 is 0 Å². The Balaban J connectivity index is 3.31. The van der Waals surface area contributed by atoms with Crippen LogP contribution in [0.2, 0.25) is 0 Å². The van der Waals surface area contributed by atoms with E-state index in [4.69, 9.17) is 4.74 Å². The standard InChI is InChI=1S/C11H14O2/c1-8(2)9-5-4-6-10(12)11(7-9)13-3/h4-8H,1-3H3. The third kappa shape index (κ3) is 2.31. The Hall–Kier alpha value is -1.31. The zero-order valence-electron chi connectivity index (χ0n) is 8.20. The molecule has 0 aromatic heterocycles. The summed E-state index contributed by atoms with van der Waals surface area (Å²) in [4.78, 5) is 11.3. The first-order valence-electron chi connectivity index (χ1n) is 4.33. The van der Waals surface area contributed by atoms with Crippen LogP contribution in [0.1, 0.15) is 25.3 Å². The van der Waals surface area contributed by atoms with E-state index in [1.54, 1.807) is 12.1 Å². The van der Waals surface area contributed by atoms with E-state index in [1.807, 2.05) is 6.07 Å². The van der Waals surface area contributed by atoms with Gasteiger partial charge in [-0.05, 0) is 23.6 Å².